The summed E-state index contributed by atoms with van der Waals surface area (Å²) in [7, 11) is 1.95. The number of rotatable bonds is 2. The van der Waals surface area contributed by atoms with Crippen molar-refractivity contribution in [3.63, 3.8) is 0 Å². The molecule has 0 spiro atoms. The van der Waals surface area contributed by atoms with Crippen molar-refractivity contribution in [2.75, 3.05) is 7.05 Å². The molecule has 1 aliphatic heterocycles. The predicted molar refractivity (Wildman–Crippen MR) is 85.5 cm³/mol. The van der Waals surface area contributed by atoms with Crippen LogP contribution in [0.15, 0.2) is 58.3 Å². The van der Waals surface area contributed by atoms with Crippen molar-refractivity contribution in [2.24, 2.45) is 0 Å². The third kappa shape index (κ3) is 2.74. The first-order chi connectivity index (χ1) is 9.65. The van der Waals surface area contributed by atoms with Gasteiger partial charge in [0.25, 0.3) is 0 Å². The molecule has 1 aliphatic rings. The molecule has 2 aromatic carbocycles. The number of hydrogen-bond acceptors (Lipinski definition) is 4. The van der Waals surface area contributed by atoms with E-state index in [0.29, 0.717) is 10.6 Å². The minimum atomic E-state index is -0.212. The number of Topliss-reactive ketones (excluding diaryl/α,β-unsaturated/α-hetero) is 1. The molecule has 5 heteroatoms. The molecular formula is C15H12ClNOS2. The van der Waals surface area contributed by atoms with Gasteiger partial charge in [0.2, 0.25) is 0 Å². The molecule has 3 rings (SSSR count). The number of benzene rings is 2. The van der Waals surface area contributed by atoms with Crippen LogP contribution in [0.3, 0.4) is 0 Å². The monoisotopic (exact) mass is 321 g/mol. The lowest BCUT2D eigenvalue weighted by Crippen LogP contribution is -2.33. The summed E-state index contributed by atoms with van der Waals surface area (Å²) >= 11 is 9.07. The number of ketones is 1. The first kappa shape index (κ1) is 14.0. The summed E-state index contributed by atoms with van der Waals surface area (Å²) < 4.78 is 2.00. The zero-order chi connectivity index (χ0) is 14.1. The van der Waals surface area contributed by atoms with Gasteiger partial charge in [0, 0.05) is 20.4 Å². The molecule has 0 saturated heterocycles. The molecule has 0 bridgehead atoms. The van der Waals surface area contributed by atoms with Gasteiger partial charge in [-0.3, -0.25) is 4.79 Å². The van der Waals surface area contributed by atoms with Crippen molar-refractivity contribution in [1.82, 2.24) is 4.31 Å². The van der Waals surface area contributed by atoms with E-state index in [2.05, 4.69) is 12.1 Å². The Hall–Kier alpha value is -0.940. The van der Waals surface area contributed by atoms with Gasteiger partial charge < -0.3 is 0 Å². The van der Waals surface area contributed by atoms with Crippen LogP contribution in [0.4, 0.5) is 0 Å². The highest BCUT2D eigenvalue weighted by molar-refractivity contribution is 8.05. The standard InChI is InChI=1S/C15H12ClNOS2/c1-17-15(14(18)10-6-8-11(16)9-7-10)19-12-4-2-3-5-13(12)20-17/h2-9,15H,1H3. The molecule has 0 radical (unpaired) electrons. The molecule has 0 amide bonds. The molecule has 0 saturated carbocycles. The molecule has 2 nitrogen and oxygen atoms in total. The lowest BCUT2D eigenvalue weighted by molar-refractivity contribution is 0.0959. The number of hydrogen-bond donors (Lipinski definition) is 0. The van der Waals surface area contributed by atoms with E-state index in [-0.39, 0.29) is 11.2 Å². The van der Waals surface area contributed by atoms with E-state index in [0.717, 1.165) is 4.90 Å². The predicted octanol–water partition coefficient (Wildman–Crippen LogP) is 4.59. The van der Waals surface area contributed by atoms with Crippen LogP contribution in [0.2, 0.25) is 5.02 Å². The Morgan fingerprint density at radius 1 is 1.10 bits per heavy atom. The Kier molecular flexibility index (Phi) is 4.08. The molecule has 0 fully saturated rings. The van der Waals surface area contributed by atoms with Crippen LogP contribution in [-0.2, 0) is 0 Å². The van der Waals surface area contributed by atoms with E-state index in [4.69, 9.17) is 11.6 Å². The van der Waals surface area contributed by atoms with Gasteiger partial charge in [0.05, 0.1) is 0 Å². The van der Waals surface area contributed by atoms with Gasteiger partial charge in [-0.15, -0.1) is 0 Å². The summed E-state index contributed by atoms with van der Waals surface area (Å²) in [6, 6.07) is 15.2. The van der Waals surface area contributed by atoms with Crippen LogP contribution in [-0.4, -0.2) is 22.5 Å². The molecule has 0 aliphatic carbocycles. The van der Waals surface area contributed by atoms with Gasteiger partial charge in [-0.05, 0) is 55.4 Å². The summed E-state index contributed by atoms with van der Waals surface area (Å²) in [5, 5.41) is 0.432. The average molecular weight is 322 g/mol. The number of halogens is 1. The molecular weight excluding hydrogens is 310 g/mol. The van der Waals surface area contributed by atoms with Crippen LogP contribution in [0.5, 0.6) is 0 Å². The highest BCUT2D eigenvalue weighted by Crippen LogP contribution is 2.43. The Morgan fingerprint density at radius 3 is 2.45 bits per heavy atom. The summed E-state index contributed by atoms with van der Waals surface area (Å²) in [6.07, 6.45) is 0. The number of carbonyl (C=O) groups is 1. The zero-order valence-corrected chi connectivity index (χ0v) is 13.1. The van der Waals surface area contributed by atoms with Crippen molar-refractivity contribution in [1.29, 1.82) is 0 Å². The van der Waals surface area contributed by atoms with Gasteiger partial charge in [-0.2, -0.15) is 0 Å². The number of carbonyl (C=O) groups excluding carboxylic acids is 1. The summed E-state index contributed by atoms with van der Waals surface area (Å²) in [4.78, 5) is 15.0. The number of likely N-dealkylation sites (N-methyl/N-ethyl adjacent to an activating group) is 1. The summed E-state index contributed by atoms with van der Waals surface area (Å²) in [5.41, 5.74) is 0.693. The second-order valence-electron chi connectivity index (χ2n) is 4.43. The number of nitrogens with zero attached hydrogens (tertiary/aromatic N) is 1. The topological polar surface area (TPSA) is 20.3 Å². The first-order valence-corrected chi connectivity index (χ1v) is 8.14. The molecule has 0 aromatic heterocycles. The van der Waals surface area contributed by atoms with E-state index < -0.39 is 0 Å². The molecule has 0 N–H and O–H groups in total. The zero-order valence-electron chi connectivity index (χ0n) is 10.7. The van der Waals surface area contributed by atoms with Gasteiger partial charge in [0.15, 0.2) is 5.78 Å². The minimum absolute atomic E-state index is 0.108. The second kappa shape index (κ2) is 5.82. The average Bonchev–Trinajstić information content (AvgIpc) is 2.46. The lowest BCUT2D eigenvalue weighted by atomic mass is 10.1. The van der Waals surface area contributed by atoms with Gasteiger partial charge in [0.1, 0.15) is 5.37 Å². The first-order valence-electron chi connectivity index (χ1n) is 6.11. The lowest BCUT2D eigenvalue weighted by Gasteiger charge is -2.31. The van der Waals surface area contributed by atoms with Gasteiger partial charge >= 0.3 is 0 Å². The Labute approximate surface area is 131 Å². The number of fused-ring (bicyclic) bond motifs is 1. The minimum Gasteiger partial charge on any atom is -0.291 e. The van der Waals surface area contributed by atoms with Crippen LogP contribution in [0, 0.1) is 0 Å². The van der Waals surface area contributed by atoms with E-state index in [9.17, 15) is 4.79 Å². The normalized spacial score (nSPS) is 18.6. The fourth-order valence-electron chi connectivity index (χ4n) is 2.00. The largest absolute Gasteiger partial charge is 0.291 e. The summed E-state index contributed by atoms with van der Waals surface area (Å²) in [6.45, 7) is 0. The Bertz CT molecular complexity index is 645. The fourth-order valence-corrected chi connectivity index (χ4v) is 4.41. The van der Waals surface area contributed by atoms with Crippen LogP contribution in [0.25, 0.3) is 0 Å². The molecule has 2 aromatic rings. The summed E-state index contributed by atoms with van der Waals surface area (Å²) in [5.74, 6) is 0.108. The van der Waals surface area contributed by atoms with Crippen molar-refractivity contribution in [3.8, 4) is 0 Å². The van der Waals surface area contributed by atoms with Crippen molar-refractivity contribution in [2.45, 2.75) is 15.2 Å². The van der Waals surface area contributed by atoms with Crippen molar-refractivity contribution >= 4 is 41.1 Å². The third-order valence-electron chi connectivity index (χ3n) is 3.01. The van der Waals surface area contributed by atoms with Gasteiger partial charge in [-0.1, -0.05) is 35.5 Å². The van der Waals surface area contributed by atoms with E-state index >= 15 is 0 Å². The highest BCUT2D eigenvalue weighted by atomic mass is 35.5. The molecule has 1 unspecified atom stereocenters. The second-order valence-corrected chi connectivity index (χ2v) is 7.18. The van der Waals surface area contributed by atoms with Gasteiger partial charge in [-0.25, -0.2) is 4.31 Å². The van der Waals surface area contributed by atoms with Crippen LogP contribution in [0.1, 0.15) is 10.4 Å². The maximum Gasteiger partial charge on any atom is 0.191 e. The van der Waals surface area contributed by atoms with Crippen molar-refractivity contribution < 1.29 is 4.79 Å². The molecule has 102 valence electrons. The quantitative estimate of drug-likeness (QED) is 0.595. The smallest absolute Gasteiger partial charge is 0.191 e. The van der Waals surface area contributed by atoms with Crippen molar-refractivity contribution in [3.05, 3.63) is 59.1 Å². The third-order valence-corrected chi connectivity index (χ3v) is 5.94. The molecule has 20 heavy (non-hydrogen) atoms. The molecule has 1 atom stereocenters. The Morgan fingerprint density at radius 2 is 1.75 bits per heavy atom. The van der Waals surface area contributed by atoms with Crippen LogP contribution < -0.4 is 0 Å². The van der Waals surface area contributed by atoms with Crippen LogP contribution >= 0.6 is 35.3 Å². The number of thioether (sulfide) groups is 1. The Balaban J connectivity index is 1.87. The maximum atomic E-state index is 12.6. The van der Waals surface area contributed by atoms with E-state index in [1.54, 1.807) is 48.0 Å². The SMILES string of the molecule is CN1Sc2ccccc2SC1C(=O)c1ccc(Cl)cc1. The highest BCUT2D eigenvalue weighted by Gasteiger charge is 2.31. The molecule has 1 heterocycles. The maximum absolute atomic E-state index is 12.6. The van der Waals surface area contributed by atoms with E-state index in [1.165, 1.54) is 4.90 Å². The van der Waals surface area contributed by atoms with E-state index in [1.807, 2.05) is 23.5 Å². The fraction of sp³-hybridized carbons (Fsp3) is 0.133.